The quantitative estimate of drug-likeness (QED) is 0.762. The summed E-state index contributed by atoms with van der Waals surface area (Å²) in [6.07, 6.45) is 2.97. The zero-order valence-electron chi connectivity index (χ0n) is 12.7. The average Bonchev–Trinajstić information content (AvgIpc) is 2.91. The van der Waals surface area contributed by atoms with Crippen LogP contribution in [0.4, 0.5) is 11.5 Å². The summed E-state index contributed by atoms with van der Waals surface area (Å²) in [4.78, 5) is 16.4. The molecule has 1 aliphatic rings. The molecule has 4 rings (SSSR count). The number of ether oxygens (including phenoxy) is 1. The topological polar surface area (TPSA) is 81.7 Å². The fourth-order valence-corrected chi connectivity index (χ4v) is 3.07. The molecule has 0 spiro atoms. The lowest BCUT2D eigenvalue weighted by Gasteiger charge is -2.22. The van der Waals surface area contributed by atoms with Gasteiger partial charge >= 0.3 is 0 Å². The number of amides is 1. The van der Waals surface area contributed by atoms with Gasteiger partial charge in [-0.2, -0.15) is 0 Å². The first-order valence-corrected chi connectivity index (χ1v) is 7.41. The van der Waals surface area contributed by atoms with Gasteiger partial charge in [-0.1, -0.05) is 6.07 Å². The third kappa shape index (κ3) is 2.03. The number of aromatic nitrogens is 2. The molecular formula is C17H16N4O2. The summed E-state index contributed by atoms with van der Waals surface area (Å²) in [6, 6.07) is 9.54. The van der Waals surface area contributed by atoms with E-state index in [1.165, 1.54) is 0 Å². The molecule has 1 amide bonds. The Hall–Kier alpha value is -3.02. The first kappa shape index (κ1) is 13.6. The Kier molecular flexibility index (Phi) is 2.97. The highest BCUT2D eigenvalue weighted by Crippen LogP contribution is 2.40. The number of anilines is 2. The molecule has 0 unspecified atom stereocenters. The molecule has 23 heavy (non-hydrogen) atoms. The fraction of sp³-hybridized carbons (Fsp3) is 0.176. The van der Waals surface area contributed by atoms with Crippen LogP contribution in [0.3, 0.4) is 0 Å². The van der Waals surface area contributed by atoms with Crippen molar-refractivity contribution in [2.24, 2.45) is 0 Å². The van der Waals surface area contributed by atoms with Crippen LogP contribution in [-0.2, 0) is 11.2 Å². The predicted molar refractivity (Wildman–Crippen MR) is 88.5 cm³/mol. The molecule has 0 atom stereocenters. The largest absolute Gasteiger partial charge is 0.495 e. The van der Waals surface area contributed by atoms with E-state index in [0.29, 0.717) is 24.4 Å². The maximum atomic E-state index is 11.7. The van der Waals surface area contributed by atoms with Crippen molar-refractivity contribution in [3.05, 3.63) is 42.1 Å². The second kappa shape index (κ2) is 5.01. The summed E-state index contributed by atoms with van der Waals surface area (Å²) in [5.41, 5.74) is 10.5. The maximum absolute atomic E-state index is 11.7. The minimum absolute atomic E-state index is 0.00377. The Morgan fingerprint density at radius 1 is 1.26 bits per heavy atom. The Morgan fingerprint density at radius 2 is 2.13 bits per heavy atom. The molecule has 6 nitrogen and oxygen atoms in total. The zero-order chi connectivity index (χ0) is 16.0. The zero-order valence-corrected chi connectivity index (χ0v) is 12.7. The number of hydrogen-bond acceptors (Lipinski definition) is 4. The van der Waals surface area contributed by atoms with E-state index in [2.05, 4.69) is 10.3 Å². The fourth-order valence-electron chi connectivity index (χ4n) is 3.07. The molecule has 1 aromatic carbocycles. The normalized spacial score (nSPS) is 13.7. The number of hydrogen-bond donors (Lipinski definition) is 2. The molecule has 3 aromatic rings. The molecule has 0 bridgehead atoms. The lowest BCUT2D eigenvalue weighted by molar-refractivity contribution is -0.116. The minimum atomic E-state index is -0.00377. The smallest absolute Gasteiger partial charge is 0.224 e. The van der Waals surface area contributed by atoms with Crippen molar-refractivity contribution in [2.75, 3.05) is 18.2 Å². The van der Waals surface area contributed by atoms with Gasteiger partial charge in [-0.3, -0.25) is 9.20 Å². The minimum Gasteiger partial charge on any atom is -0.495 e. The molecule has 2 aromatic heterocycles. The van der Waals surface area contributed by atoms with Crippen LogP contribution < -0.4 is 15.8 Å². The van der Waals surface area contributed by atoms with E-state index in [1.807, 2.05) is 40.9 Å². The SMILES string of the molecule is COc1ccc(-c2nc3ccccn3c2N)c2c1NC(=O)CC2. The molecule has 6 heteroatoms. The highest BCUT2D eigenvalue weighted by molar-refractivity contribution is 5.98. The van der Waals surface area contributed by atoms with E-state index in [0.717, 1.165) is 28.2 Å². The van der Waals surface area contributed by atoms with Crippen LogP contribution in [0, 0.1) is 0 Å². The van der Waals surface area contributed by atoms with E-state index in [4.69, 9.17) is 10.5 Å². The predicted octanol–water partition coefficient (Wildman–Crippen LogP) is 2.48. The molecule has 1 aliphatic heterocycles. The summed E-state index contributed by atoms with van der Waals surface area (Å²) in [5.74, 6) is 1.24. The third-order valence-electron chi connectivity index (χ3n) is 4.18. The summed E-state index contributed by atoms with van der Waals surface area (Å²) < 4.78 is 7.22. The third-order valence-corrected chi connectivity index (χ3v) is 4.18. The van der Waals surface area contributed by atoms with Crippen LogP contribution in [0.25, 0.3) is 16.9 Å². The van der Waals surface area contributed by atoms with Crippen LogP contribution in [0.15, 0.2) is 36.5 Å². The first-order valence-electron chi connectivity index (χ1n) is 7.41. The van der Waals surface area contributed by atoms with Gasteiger partial charge < -0.3 is 15.8 Å². The first-order chi connectivity index (χ1) is 11.2. The summed E-state index contributed by atoms with van der Waals surface area (Å²) >= 11 is 0. The van der Waals surface area contributed by atoms with Gasteiger partial charge in [0, 0.05) is 18.2 Å². The van der Waals surface area contributed by atoms with Crippen molar-refractivity contribution in [2.45, 2.75) is 12.8 Å². The van der Waals surface area contributed by atoms with Crippen molar-refractivity contribution in [1.82, 2.24) is 9.38 Å². The molecule has 3 heterocycles. The van der Waals surface area contributed by atoms with Crippen LogP contribution >= 0.6 is 0 Å². The molecule has 0 aliphatic carbocycles. The number of pyridine rings is 1. The summed E-state index contributed by atoms with van der Waals surface area (Å²) in [6.45, 7) is 0. The number of benzene rings is 1. The van der Waals surface area contributed by atoms with E-state index >= 15 is 0 Å². The van der Waals surface area contributed by atoms with Gasteiger partial charge in [-0.25, -0.2) is 4.98 Å². The van der Waals surface area contributed by atoms with Gasteiger partial charge in [0.2, 0.25) is 5.91 Å². The number of fused-ring (bicyclic) bond motifs is 2. The molecule has 0 radical (unpaired) electrons. The standard InChI is InChI=1S/C17H16N4O2/c1-23-12-7-5-11(10-6-8-14(22)20-15(10)12)16-17(18)21-9-3-2-4-13(21)19-16/h2-5,7,9H,6,8,18H2,1H3,(H,20,22). The van der Waals surface area contributed by atoms with Gasteiger partial charge in [-0.05, 0) is 36.2 Å². The van der Waals surface area contributed by atoms with E-state index in [9.17, 15) is 4.79 Å². The average molecular weight is 308 g/mol. The number of imidazole rings is 1. The van der Waals surface area contributed by atoms with Crippen LogP contribution in [0.1, 0.15) is 12.0 Å². The van der Waals surface area contributed by atoms with E-state index in [1.54, 1.807) is 7.11 Å². The van der Waals surface area contributed by atoms with Crippen molar-refractivity contribution < 1.29 is 9.53 Å². The maximum Gasteiger partial charge on any atom is 0.224 e. The summed E-state index contributed by atoms with van der Waals surface area (Å²) in [5, 5.41) is 2.90. The van der Waals surface area contributed by atoms with Gasteiger partial charge in [0.05, 0.1) is 12.8 Å². The number of nitrogens with two attached hydrogens (primary N) is 1. The second-order valence-electron chi connectivity index (χ2n) is 5.49. The van der Waals surface area contributed by atoms with Crippen molar-refractivity contribution in [3.63, 3.8) is 0 Å². The molecule has 3 N–H and O–H groups in total. The van der Waals surface area contributed by atoms with Gasteiger partial charge in [0.15, 0.2) is 0 Å². The lowest BCUT2D eigenvalue weighted by Crippen LogP contribution is -2.20. The van der Waals surface area contributed by atoms with Crippen molar-refractivity contribution in [3.8, 4) is 17.0 Å². The van der Waals surface area contributed by atoms with Gasteiger partial charge in [0.1, 0.15) is 22.9 Å². The monoisotopic (exact) mass is 308 g/mol. The highest BCUT2D eigenvalue weighted by atomic mass is 16.5. The molecule has 0 saturated heterocycles. The van der Waals surface area contributed by atoms with Gasteiger partial charge in [0.25, 0.3) is 0 Å². The van der Waals surface area contributed by atoms with Crippen LogP contribution in [-0.4, -0.2) is 22.4 Å². The van der Waals surface area contributed by atoms with Crippen LogP contribution in [0.2, 0.25) is 0 Å². The second-order valence-corrected chi connectivity index (χ2v) is 5.49. The van der Waals surface area contributed by atoms with Crippen molar-refractivity contribution >= 4 is 23.1 Å². The molecular weight excluding hydrogens is 292 g/mol. The van der Waals surface area contributed by atoms with Crippen molar-refractivity contribution in [1.29, 1.82) is 0 Å². The molecule has 116 valence electrons. The van der Waals surface area contributed by atoms with E-state index in [-0.39, 0.29) is 5.91 Å². The number of methoxy groups -OCH3 is 1. The number of nitrogen functional groups attached to an aromatic ring is 1. The number of carbonyl (C=O) groups excluding carboxylic acids is 1. The molecule has 0 fully saturated rings. The Morgan fingerprint density at radius 3 is 2.91 bits per heavy atom. The van der Waals surface area contributed by atoms with Gasteiger partial charge in [-0.15, -0.1) is 0 Å². The van der Waals surface area contributed by atoms with Crippen LogP contribution in [0.5, 0.6) is 5.75 Å². The Balaban J connectivity index is 1.97. The lowest BCUT2D eigenvalue weighted by atomic mass is 9.94. The number of nitrogens with zero attached hydrogens (tertiary/aromatic N) is 2. The number of nitrogens with one attached hydrogen (secondary N) is 1. The highest BCUT2D eigenvalue weighted by Gasteiger charge is 2.24. The number of carbonyl (C=O) groups is 1. The van der Waals surface area contributed by atoms with E-state index < -0.39 is 0 Å². The number of rotatable bonds is 2. The Bertz CT molecular complexity index is 930. The Labute approximate surface area is 132 Å². The summed E-state index contributed by atoms with van der Waals surface area (Å²) in [7, 11) is 1.59. The molecule has 0 saturated carbocycles.